The molecule has 0 amide bonds. The van der Waals surface area contributed by atoms with Crippen LogP contribution in [0, 0.1) is 0 Å². The molecule has 0 N–H and O–H groups in total. The van der Waals surface area contributed by atoms with E-state index in [9.17, 15) is 0 Å². The number of allylic oxidation sites excluding steroid dienone is 5. The number of nitrogens with zero attached hydrogens (tertiary/aromatic N) is 1. The van der Waals surface area contributed by atoms with Gasteiger partial charge in [0.05, 0.1) is 6.54 Å². The van der Waals surface area contributed by atoms with Crippen LogP contribution < -0.4 is 0 Å². The second-order valence-corrected chi connectivity index (χ2v) is 3.04. The summed E-state index contributed by atoms with van der Waals surface area (Å²) in [5.74, 6) is 0. The minimum absolute atomic E-state index is 0.819. The van der Waals surface area contributed by atoms with Gasteiger partial charge < -0.3 is 0 Å². The topological polar surface area (TPSA) is 12.4 Å². The zero-order valence-corrected chi connectivity index (χ0v) is 8.03. The van der Waals surface area contributed by atoms with Crippen LogP contribution in [0.2, 0.25) is 0 Å². The first kappa shape index (κ1) is 9.72. The molecule has 0 aromatic carbocycles. The van der Waals surface area contributed by atoms with Crippen molar-refractivity contribution in [3.8, 4) is 0 Å². The summed E-state index contributed by atoms with van der Waals surface area (Å²) < 4.78 is 0. The van der Waals surface area contributed by atoms with Crippen molar-refractivity contribution in [3.63, 3.8) is 0 Å². The number of dihydropyridines is 1. The first-order chi connectivity index (χ1) is 6.33. The van der Waals surface area contributed by atoms with E-state index in [1.54, 1.807) is 6.08 Å². The molecule has 13 heavy (non-hydrogen) atoms. The van der Waals surface area contributed by atoms with Gasteiger partial charge in [0.15, 0.2) is 0 Å². The zero-order valence-electron chi connectivity index (χ0n) is 8.03. The first-order valence-corrected chi connectivity index (χ1v) is 4.47. The molecule has 0 saturated carbocycles. The molecule has 0 radical (unpaired) electrons. The van der Waals surface area contributed by atoms with Crippen LogP contribution in [-0.4, -0.2) is 12.8 Å². The van der Waals surface area contributed by atoms with Crippen LogP contribution >= 0.6 is 0 Å². The van der Waals surface area contributed by atoms with Gasteiger partial charge in [-0.05, 0) is 24.5 Å². The smallest absolute Gasteiger partial charge is 0.0636 e. The van der Waals surface area contributed by atoms with Crippen molar-refractivity contribution < 1.29 is 0 Å². The van der Waals surface area contributed by atoms with Crippen LogP contribution in [0.15, 0.2) is 53.1 Å². The minimum Gasteiger partial charge on any atom is -0.288 e. The Kier molecular flexibility index (Phi) is 3.97. The fraction of sp³-hybridized carbons (Fsp3) is 0.250. The van der Waals surface area contributed by atoms with Crippen molar-refractivity contribution in [3.05, 3.63) is 48.1 Å². The molecule has 1 rings (SSSR count). The first-order valence-electron chi connectivity index (χ1n) is 4.47. The average Bonchev–Trinajstić information content (AvgIpc) is 2.13. The molecule has 0 bridgehead atoms. The van der Waals surface area contributed by atoms with E-state index in [2.05, 4.69) is 36.7 Å². The largest absolute Gasteiger partial charge is 0.288 e. The van der Waals surface area contributed by atoms with Gasteiger partial charge in [-0.25, -0.2) is 0 Å². The van der Waals surface area contributed by atoms with Crippen molar-refractivity contribution in [1.82, 2.24) is 0 Å². The molecular weight excluding hydrogens is 158 g/mol. The molecule has 0 aromatic rings. The summed E-state index contributed by atoms with van der Waals surface area (Å²) in [5, 5.41) is 0. The SMILES string of the molecule is C=C/C=C\C/C=C1/C=C(C)C=NC1. The van der Waals surface area contributed by atoms with Gasteiger partial charge in [-0.15, -0.1) is 0 Å². The Morgan fingerprint density at radius 1 is 1.62 bits per heavy atom. The molecule has 0 atom stereocenters. The van der Waals surface area contributed by atoms with E-state index < -0.39 is 0 Å². The molecule has 1 aliphatic rings. The van der Waals surface area contributed by atoms with Gasteiger partial charge >= 0.3 is 0 Å². The number of rotatable bonds is 3. The summed E-state index contributed by atoms with van der Waals surface area (Å²) >= 11 is 0. The van der Waals surface area contributed by atoms with Crippen molar-refractivity contribution in [2.75, 3.05) is 6.54 Å². The molecule has 68 valence electrons. The molecule has 1 heteroatoms. The van der Waals surface area contributed by atoms with E-state index in [0.29, 0.717) is 0 Å². The summed E-state index contributed by atoms with van der Waals surface area (Å²) in [7, 11) is 0. The van der Waals surface area contributed by atoms with Gasteiger partial charge in [0.25, 0.3) is 0 Å². The Morgan fingerprint density at radius 3 is 3.15 bits per heavy atom. The van der Waals surface area contributed by atoms with E-state index in [4.69, 9.17) is 0 Å². The van der Waals surface area contributed by atoms with Crippen molar-refractivity contribution in [1.29, 1.82) is 0 Å². The van der Waals surface area contributed by atoms with Gasteiger partial charge in [-0.1, -0.05) is 37.0 Å². The summed E-state index contributed by atoms with van der Waals surface area (Å²) in [4.78, 5) is 4.23. The minimum atomic E-state index is 0.819. The predicted octanol–water partition coefficient (Wildman–Crippen LogP) is 3.08. The second kappa shape index (κ2) is 5.31. The zero-order chi connectivity index (χ0) is 9.52. The summed E-state index contributed by atoms with van der Waals surface area (Å²) in [5.41, 5.74) is 2.53. The summed E-state index contributed by atoms with van der Waals surface area (Å²) in [6, 6.07) is 0. The number of hydrogen-bond donors (Lipinski definition) is 0. The Labute approximate surface area is 79.9 Å². The molecule has 0 aromatic heterocycles. The predicted molar refractivity (Wildman–Crippen MR) is 59.2 cm³/mol. The maximum atomic E-state index is 4.23. The fourth-order valence-electron chi connectivity index (χ4n) is 1.19. The molecular formula is C12H15N. The highest BCUT2D eigenvalue weighted by molar-refractivity contribution is 5.80. The molecule has 1 heterocycles. The van der Waals surface area contributed by atoms with Crippen LogP contribution in [-0.2, 0) is 0 Å². The highest BCUT2D eigenvalue weighted by Gasteiger charge is 1.96. The Bertz CT molecular complexity index is 290. The van der Waals surface area contributed by atoms with Crippen LogP contribution in [0.4, 0.5) is 0 Å². The van der Waals surface area contributed by atoms with Gasteiger partial charge in [-0.3, -0.25) is 4.99 Å². The normalized spacial score (nSPS) is 19.5. The van der Waals surface area contributed by atoms with Gasteiger partial charge in [-0.2, -0.15) is 0 Å². The van der Waals surface area contributed by atoms with E-state index in [0.717, 1.165) is 13.0 Å². The Hall–Kier alpha value is -1.37. The molecule has 1 aliphatic heterocycles. The lowest BCUT2D eigenvalue weighted by atomic mass is 10.1. The van der Waals surface area contributed by atoms with E-state index in [1.807, 2.05) is 12.3 Å². The maximum Gasteiger partial charge on any atom is 0.0636 e. The molecule has 0 aliphatic carbocycles. The molecule has 0 unspecified atom stereocenters. The van der Waals surface area contributed by atoms with Gasteiger partial charge in [0.2, 0.25) is 0 Å². The lowest BCUT2D eigenvalue weighted by Gasteiger charge is -2.04. The van der Waals surface area contributed by atoms with Crippen LogP contribution in [0.5, 0.6) is 0 Å². The van der Waals surface area contributed by atoms with Gasteiger partial charge in [0.1, 0.15) is 0 Å². The lowest BCUT2D eigenvalue weighted by molar-refractivity contribution is 1.14. The molecule has 0 spiro atoms. The fourth-order valence-corrected chi connectivity index (χ4v) is 1.19. The molecule has 1 nitrogen and oxygen atoms in total. The lowest BCUT2D eigenvalue weighted by Crippen LogP contribution is -1.94. The summed E-state index contributed by atoms with van der Waals surface area (Å²) in [6.07, 6.45) is 13.1. The van der Waals surface area contributed by atoms with Crippen LogP contribution in [0.1, 0.15) is 13.3 Å². The maximum absolute atomic E-state index is 4.23. The molecule has 0 saturated heterocycles. The average molecular weight is 173 g/mol. The van der Waals surface area contributed by atoms with Crippen molar-refractivity contribution >= 4 is 6.21 Å². The Morgan fingerprint density at radius 2 is 2.46 bits per heavy atom. The van der Waals surface area contributed by atoms with Crippen molar-refractivity contribution in [2.45, 2.75) is 13.3 Å². The highest BCUT2D eigenvalue weighted by atomic mass is 14.7. The number of aliphatic imine (C=N–C) groups is 1. The van der Waals surface area contributed by atoms with Gasteiger partial charge in [0, 0.05) is 6.21 Å². The van der Waals surface area contributed by atoms with E-state index >= 15 is 0 Å². The Balaban J connectivity index is 2.48. The van der Waals surface area contributed by atoms with Crippen LogP contribution in [0.3, 0.4) is 0 Å². The van der Waals surface area contributed by atoms with Crippen molar-refractivity contribution in [2.24, 2.45) is 4.99 Å². The second-order valence-electron chi connectivity index (χ2n) is 3.04. The third-order valence-electron chi connectivity index (χ3n) is 1.77. The summed E-state index contributed by atoms with van der Waals surface area (Å²) in [6.45, 7) is 6.50. The van der Waals surface area contributed by atoms with E-state index in [-0.39, 0.29) is 0 Å². The highest BCUT2D eigenvalue weighted by Crippen LogP contribution is 2.08. The standard InChI is InChI=1S/C12H15N/c1-3-4-5-6-7-12-8-11(2)9-13-10-12/h3-5,7-9H,1,6,10H2,2H3/b5-4-,12-7-. The monoisotopic (exact) mass is 173 g/mol. The van der Waals surface area contributed by atoms with Crippen LogP contribution in [0.25, 0.3) is 0 Å². The quantitative estimate of drug-likeness (QED) is 0.581. The number of hydrogen-bond acceptors (Lipinski definition) is 1. The third kappa shape index (κ3) is 3.70. The van der Waals surface area contributed by atoms with E-state index in [1.165, 1.54) is 11.1 Å². The third-order valence-corrected chi connectivity index (χ3v) is 1.77. The molecule has 0 fully saturated rings.